The lowest BCUT2D eigenvalue weighted by molar-refractivity contribution is -0.0238. The lowest BCUT2D eigenvalue weighted by Gasteiger charge is -2.32. The van der Waals surface area contributed by atoms with E-state index < -0.39 is 18.2 Å². The largest absolute Gasteiger partial charge is 0.465 e. The quantitative estimate of drug-likeness (QED) is 0.887. The van der Waals surface area contributed by atoms with E-state index in [0.29, 0.717) is 18.9 Å². The first-order valence-corrected chi connectivity index (χ1v) is 8.92. The maximum absolute atomic E-state index is 11.4. The molecule has 24 heavy (non-hydrogen) atoms. The van der Waals surface area contributed by atoms with Crippen LogP contribution in [0, 0.1) is 0 Å². The molecule has 1 heterocycles. The van der Waals surface area contributed by atoms with Gasteiger partial charge in [-0.05, 0) is 50.5 Å². The molecule has 3 rings (SSSR count). The zero-order valence-corrected chi connectivity index (χ0v) is 14.2. The molecule has 0 bridgehead atoms. The first kappa shape index (κ1) is 17.2. The van der Waals surface area contributed by atoms with Crippen molar-refractivity contribution in [3.8, 4) is 0 Å². The summed E-state index contributed by atoms with van der Waals surface area (Å²) in [4.78, 5) is 12.7. The summed E-state index contributed by atoms with van der Waals surface area (Å²) >= 11 is 0. The van der Waals surface area contributed by atoms with Crippen LogP contribution >= 0.6 is 0 Å². The highest BCUT2D eigenvalue weighted by molar-refractivity contribution is 5.66. The molecule has 2 N–H and O–H groups in total. The average Bonchev–Trinajstić information content (AvgIpc) is 2.88. The van der Waals surface area contributed by atoms with Crippen molar-refractivity contribution in [1.29, 1.82) is 0 Å². The number of rotatable bonds is 4. The molecule has 5 heteroatoms. The van der Waals surface area contributed by atoms with E-state index in [2.05, 4.69) is 24.3 Å². The predicted octanol–water partition coefficient (Wildman–Crippen LogP) is 3.23. The summed E-state index contributed by atoms with van der Waals surface area (Å²) in [6, 6.07) is 9.99. The highest BCUT2D eigenvalue weighted by Crippen LogP contribution is 2.34. The van der Waals surface area contributed by atoms with Crippen molar-refractivity contribution >= 4 is 6.09 Å². The number of carboxylic acid groups (broad SMARTS) is 1. The van der Waals surface area contributed by atoms with Crippen LogP contribution in [0.3, 0.4) is 0 Å². The molecule has 1 amide bonds. The summed E-state index contributed by atoms with van der Waals surface area (Å²) in [5.74, 6) is 0.596. The number of hydrogen-bond acceptors (Lipinski definition) is 3. The number of hydrogen-bond donors (Lipinski definition) is 2. The molecule has 1 aromatic rings. The Morgan fingerprint density at radius 3 is 2.50 bits per heavy atom. The van der Waals surface area contributed by atoms with E-state index in [9.17, 15) is 15.0 Å². The number of benzene rings is 1. The molecule has 2 fully saturated rings. The third kappa shape index (κ3) is 3.73. The standard InChI is InChI=1S/C19H27NO4/c1-13-11-18(21)17(20(13)19(22)23)12-24-16-9-7-15(8-10-16)14-5-3-2-4-6-14/h2-6,13,15-18,21H,7-12H2,1H3,(H,22,23)/t13-,15-,16+,17+,18?/m1/s1. The molecule has 5 nitrogen and oxygen atoms in total. The second-order valence-electron chi connectivity index (χ2n) is 7.13. The van der Waals surface area contributed by atoms with Gasteiger partial charge in [0.15, 0.2) is 0 Å². The summed E-state index contributed by atoms with van der Waals surface area (Å²) < 4.78 is 5.99. The van der Waals surface area contributed by atoms with Gasteiger partial charge in [-0.3, -0.25) is 4.90 Å². The van der Waals surface area contributed by atoms with Gasteiger partial charge in [0.05, 0.1) is 24.9 Å². The van der Waals surface area contributed by atoms with Gasteiger partial charge >= 0.3 is 6.09 Å². The van der Waals surface area contributed by atoms with Crippen LogP contribution in [-0.4, -0.2) is 52.1 Å². The van der Waals surface area contributed by atoms with Crippen LogP contribution in [0.4, 0.5) is 4.79 Å². The normalized spacial score (nSPS) is 33.6. The molecule has 1 saturated heterocycles. The summed E-state index contributed by atoms with van der Waals surface area (Å²) in [5, 5.41) is 19.4. The van der Waals surface area contributed by atoms with Crippen molar-refractivity contribution in [3.63, 3.8) is 0 Å². The topological polar surface area (TPSA) is 70.0 Å². The molecule has 1 unspecified atom stereocenters. The van der Waals surface area contributed by atoms with E-state index in [1.165, 1.54) is 10.5 Å². The van der Waals surface area contributed by atoms with Gasteiger partial charge in [-0.1, -0.05) is 30.3 Å². The Morgan fingerprint density at radius 2 is 1.88 bits per heavy atom. The molecule has 3 atom stereocenters. The smallest absolute Gasteiger partial charge is 0.407 e. The number of likely N-dealkylation sites (tertiary alicyclic amines) is 1. The Kier molecular flexibility index (Phi) is 5.41. The molecule has 1 aromatic carbocycles. The molecule has 1 aliphatic carbocycles. The van der Waals surface area contributed by atoms with Gasteiger partial charge in [-0.25, -0.2) is 4.79 Å². The van der Waals surface area contributed by atoms with Gasteiger partial charge in [0, 0.05) is 6.04 Å². The van der Waals surface area contributed by atoms with E-state index in [0.717, 1.165) is 25.7 Å². The van der Waals surface area contributed by atoms with Gasteiger partial charge in [-0.15, -0.1) is 0 Å². The maximum atomic E-state index is 11.4. The number of amides is 1. The summed E-state index contributed by atoms with van der Waals surface area (Å²) in [5.41, 5.74) is 1.40. The second kappa shape index (κ2) is 7.53. The third-order valence-electron chi connectivity index (χ3n) is 5.53. The Morgan fingerprint density at radius 1 is 1.21 bits per heavy atom. The summed E-state index contributed by atoms with van der Waals surface area (Å²) in [6.07, 6.45) is 3.24. The fourth-order valence-electron chi connectivity index (χ4n) is 4.18. The lowest BCUT2D eigenvalue weighted by Crippen LogP contribution is -2.45. The van der Waals surface area contributed by atoms with Crippen LogP contribution in [-0.2, 0) is 4.74 Å². The molecule has 0 aromatic heterocycles. The van der Waals surface area contributed by atoms with Crippen LogP contribution in [0.1, 0.15) is 50.5 Å². The Balaban J connectivity index is 1.49. The number of ether oxygens (including phenoxy) is 1. The third-order valence-corrected chi connectivity index (χ3v) is 5.53. The minimum atomic E-state index is -0.972. The average molecular weight is 333 g/mol. The maximum Gasteiger partial charge on any atom is 0.407 e. The Hall–Kier alpha value is -1.59. The van der Waals surface area contributed by atoms with Gasteiger partial charge in [0.25, 0.3) is 0 Å². The second-order valence-corrected chi connectivity index (χ2v) is 7.13. The Bertz CT molecular complexity index is 542. The molecule has 132 valence electrons. The van der Waals surface area contributed by atoms with Gasteiger partial charge in [0.2, 0.25) is 0 Å². The van der Waals surface area contributed by atoms with Crippen LogP contribution in [0.5, 0.6) is 0 Å². The highest BCUT2D eigenvalue weighted by atomic mass is 16.5. The fourth-order valence-corrected chi connectivity index (χ4v) is 4.18. The Labute approximate surface area is 143 Å². The minimum absolute atomic E-state index is 0.153. The SMILES string of the molecule is C[C@@H]1CC(O)[C@H](CO[C@H]2CC[C@@H](c3ccccc3)CC2)N1C(=O)O. The number of carbonyl (C=O) groups is 1. The van der Waals surface area contributed by atoms with E-state index in [-0.39, 0.29) is 12.1 Å². The van der Waals surface area contributed by atoms with Crippen LogP contribution in [0.15, 0.2) is 30.3 Å². The zero-order chi connectivity index (χ0) is 17.1. The van der Waals surface area contributed by atoms with Gasteiger partial charge < -0.3 is 14.9 Å². The molecule has 2 aliphatic rings. The summed E-state index contributed by atoms with van der Waals surface area (Å²) in [6.45, 7) is 2.13. The van der Waals surface area contributed by atoms with Crippen molar-refractivity contribution in [3.05, 3.63) is 35.9 Å². The van der Waals surface area contributed by atoms with Crippen molar-refractivity contribution < 1.29 is 19.7 Å². The van der Waals surface area contributed by atoms with Crippen molar-refractivity contribution in [2.45, 2.75) is 69.2 Å². The minimum Gasteiger partial charge on any atom is -0.465 e. The first-order valence-electron chi connectivity index (χ1n) is 8.92. The van der Waals surface area contributed by atoms with E-state index in [1.807, 2.05) is 13.0 Å². The van der Waals surface area contributed by atoms with E-state index in [4.69, 9.17) is 4.74 Å². The van der Waals surface area contributed by atoms with Crippen molar-refractivity contribution in [1.82, 2.24) is 4.90 Å². The van der Waals surface area contributed by atoms with E-state index >= 15 is 0 Å². The molecule has 1 saturated carbocycles. The van der Waals surface area contributed by atoms with Gasteiger partial charge in [-0.2, -0.15) is 0 Å². The number of aliphatic hydroxyl groups is 1. The molecular formula is C19H27NO4. The predicted molar refractivity (Wildman–Crippen MR) is 91.1 cm³/mol. The van der Waals surface area contributed by atoms with Crippen LogP contribution in [0.2, 0.25) is 0 Å². The van der Waals surface area contributed by atoms with Crippen molar-refractivity contribution in [2.75, 3.05) is 6.61 Å². The highest BCUT2D eigenvalue weighted by Gasteiger charge is 2.41. The lowest BCUT2D eigenvalue weighted by atomic mass is 9.83. The van der Waals surface area contributed by atoms with Crippen LogP contribution in [0.25, 0.3) is 0 Å². The molecule has 0 spiro atoms. The molecule has 0 radical (unpaired) electrons. The fraction of sp³-hybridized carbons (Fsp3) is 0.632. The van der Waals surface area contributed by atoms with E-state index in [1.54, 1.807) is 0 Å². The number of nitrogens with zero attached hydrogens (tertiary/aromatic N) is 1. The monoisotopic (exact) mass is 333 g/mol. The van der Waals surface area contributed by atoms with Crippen LogP contribution < -0.4 is 0 Å². The van der Waals surface area contributed by atoms with Crippen molar-refractivity contribution in [2.24, 2.45) is 0 Å². The number of aliphatic hydroxyl groups excluding tert-OH is 1. The molecule has 1 aliphatic heterocycles. The zero-order valence-electron chi connectivity index (χ0n) is 14.2. The summed E-state index contributed by atoms with van der Waals surface area (Å²) in [7, 11) is 0. The molecular weight excluding hydrogens is 306 g/mol. The van der Waals surface area contributed by atoms with Gasteiger partial charge in [0.1, 0.15) is 0 Å². The first-order chi connectivity index (χ1) is 11.6.